The Morgan fingerprint density at radius 3 is 2.52 bits per heavy atom. The summed E-state index contributed by atoms with van der Waals surface area (Å²) >= 11 is 11.5. The second-order valence-electron chi connectivity index (χ2n) is 5.70. The van der Waals surface area contributed by atoms with Crippen molar-refractivity contribution >= 4 is 28.9 Å². The van der Waals surface area contributed by atoms with E-state index in [4.69, 9.17) is 27.7 Å². The van der Waals surface area contributed by atoms with Gasteiger partial charge in [-0.05, 0) is 12.1 Å². The smallest absolute Gasteiger partial charge is 0.197 e. The first-order valence-corrected chi connectivity index (χ1v) is 8.56. The van der Waals surface area contributed by atoms with Gasteiger partial charge in [-0.3, -0.25) is 0 Å². The van der Waals surface area contributed by atoms with E-state index >= 15 is 0 Å². The van der Waals surface area contributed by atoms with Crippen molar-refractivity contribution < 1.29 is 13.3 Å². The van der Waals surface area contributed by atoms with Gasteiger partial charge in [-0.15, -0.1) is 0 Å². The van der Waals surface area contributed by atoms with Crippen LogP contribution >= 0.6 is 23.2 Å². The number of halogens is 4. The van der Waals surface area contributed by atoms with E-state index in [9.17, 15) is 8.78 Å². The molecular formula is C17H11Cl2F2N5O. The highest BCUT2D eigenvalue weighted by Crippen LogP contribution is 2.31. The van der Waals surface area contributed by atoms with Crippen molar-refractivity contribution in [3.8, 4) is 0 Å². The summed E-state index contributed by atoms with van der Waals surface area (Å²) in [5.41, 5.74) is 4.74. The quantitative estimate of drug-likeness (QED) is 0.652. The molecule has 1 aliphatic rings. The zero-order chi connectivity index (χ0) is 19.0. The Bertz CT molecular complexity index is 989. The van der Waals surface area contributed by atoms with Crippen molar-refractivity contribution in [1.82, 2.24) is 25.6 Å². The summed E-state index contributed by atoms with van der Waals surface area (Å²) in [6, 6.07) is 7.50. The van der Waals surface area contributed by atoms with Gasteiger partial charge in [-0.1, -0.05) is 46.6 Å². The molecule has 1 atom stereocenters. The lowest BCUT2D eigenvalue weighted by molar-refractivity contribution is 0.273. The molecule has 0 amide bonds. The summed E-state index contributed by atoms with van der Waals surface area (Å²) in [5, 5.41) is 4.84. The first-order chi connectivity index (χ1) is 13.0. The van der Waals surface area contributed by atoms with E-state index in [1.165, 1.54) is 12.3 Å². The molecule has 0 aliphatic carbocycles. The molecule has 10 heteroatoms. The SMILES string of the molecule is Fc1ccccc1CN1NC(c2nc(Cl)c(F)c(Cl)n2)C=C1c1ccon1. The van der Waals surface area contributed by atoms with Crippen molar-refractivity contribution in [2.75, 3.05) is 0 Å². The standard InChI is InChI=1S/C17H11Cl2F2N5O/c18-15-14(21)16(19)23-17(22-15)12-7-13(11-5-6-27-25-11)26(24-12)8-9-3-1-2-4-10(9)20/h1-7,12,24H,8H2. The van der Waals surface area contributed by atoms with Crippen LogP contribution in [0.1, 0.15) is 23.1 Å². The molecule has 0 saturated carbocycles. The summed E-state index contributed by atoms with van der Waals surface area (Å²) in [4.78, 5) is 7.87. The molecule has 6 nitrogen and oxygen atoms in total. The Morgan fingerprint density at radius 1 is 1.11 bits per heavy atom. The molecular weight excluding hydrogens is 399 g/mol. The second-order valence-corrected chi connectivity index (χ2v) is 6.41. The van der Waals surface area contributed by atoms with Crippen LogP contribution in [0.3, 0.4) is 0 Å². The fourth-order valence-corrected chi connectivity index (χ4v) is 3.10. The second kappa shape index (κ2) is 7.22. The van der Waals surface area contributed by atoms with Gasteiger partial charge in [0.05, 0.1) is 12.2 Å². The molecule has 138 valence electrons. The van der Waals surface area contributed by atoms with E-state index < -0.39 is 11.9 Å². The third-order valence-corrected chi connectivity index (χ3v) is 4.46. The Kier molecular flexibility index (Phi) is 4.77. The van der Waals surface area contributed by atoms with Gasteiger partial charge in [-0.25, -0.2) is 24.2 Å². The van der Waals surface area contributed by atoms with Crippen LogP contribution in [0.25, 0.3) is 5.70 Å². The lowest BCUT2D eigenvalue weighted by Crippen LogP contribution is -2.33. The van der Waals surface area contributed by atoms with Crippen molar-refractivity contribution in [2.24, 2.45) is 0 Å². The summed E-state index contributed by atoms with van der Waals surface area (Å²) in [6.45, 7) is 0.199. The van der Waals surface area contributed by atoms with Gasteiger partial charge in [0.25, 0.3) is 0 Å². The van der Waals surface area contributed by atoms with Crippen molar-refractivity contribution in [3.05, 3.63) is 81.7 Å². The molecule has 3 heterocycles. The molecule has 0 bridgehead atoms. The number of aromatic nitrogens is 3. The minimum absolute atomic E-state index is 0.170. The highest BCUT2D eigenvalue weighted by molar-refractivity contribution is 6.33. The molecule has 4 rings (SSSR count). The maximum absolute atomic E-state index is 14.1. The number of hydrazine groups is 1. The molecule has 1 unspecified atom stereocenters. The van der Waals surface area contributed by atoms with Crippen molar-refractivity contribution in [3.63, 3.8) is 0 Å². The monoisotopic (exact) mass is 409 g/mol. The fraction of sp³-hybridized carbons (Fsp3) is 0.118. The van der Waals surface area contributed by atoms with Gasteiger partial charge >= 0.3 is 0 Å². The molecule has 0 fully saturated rings. The highest BCUT2D eigenvalue weighted by atomic mass is 35.5. The van der Waals surface area contributed by atoms with Crippen LogP contribution in [-0.4, -0.2) is 20.1 Å². The van der Waals surface area contributed by atoms with Gasteiger partial charge in [0, 0.05) is 11.6 Å². The van der Waals surface area contributed by atoms with Crippen LogP contribution in [0.5, 0.6) is 0 Å². The minimum atomic E-state index is -0.885. The number of nitrogens with zero attached hydrogens (tertiary/aromatic N) is 4. The molecule has 1 aromatic carbocycles. The van der Waals surface area contributed by atoms with E-state index in [-0.39, 0.29) is 28.5 Å². The summed E-state index contributed by atoms with van der Waals surface area (Å²) in [6.07, 6.45) is 3.17. The first kappa shape index (κ1) is 17.8. The molecule has 0 radical (unpaired) electrons. The average molecular weight is 410 g/mol. The van der Waals surface area contributed by atoms with E-state index in [2.05, 4.69) is 20.6 Å². The third-order valence-electron chi connectivity index (χ3n) is 3.96. The van der Waals surface area contributed by atoms with Crippen molar-refractivity contribution in [1.29, 1.82) is 0 Å². The molecule has 1 aliphatic heterocycles. The van der Waals surface area contributed by atoms with E-state index in [1.807, 2.05) is 0 Å². The maximum Gasteiger partial charge on any atom is 0.197 e. The first-order valence-electron chi connectivity index (χ1n) is 7.81. The molecule has 2 aromatic heterocycles. The molecule has 0 saturated heterocycles. The van der Waals surface area contributed by atoms with Gasteiger partial charge in [0.15, 0.2) is 21.9 Å². The van der Waals surface area contributed by atoms with Gasteiger partial charge in [0.2, 0.25) is 0 Å². The third kappa shape index (κ3) is 3.51. The number of hydrogen-bond acceptors (Lipinski definition) is 6. The summed E-state index contributed by atoms with van der Waals surface area (Å²) < 4.78 is 32.6. The van der Waals surface area contributed by atoms with Crippen LogP contribution < -0.4 is 5.43 Å². The van der Waals surface area contributed by atoms with Crippen LogP contribution in [0.15, 0.2) is 47.2 Å². The van der Waals surface area contributed by atoms with Crippen molar-refractivity contribution in [2.45, 2.75) is 12.6 Å². The van der Waals surface area contributed by atoms with Gasteiger partial charge in [-0.2, -0.15) is 0 Å². The normalized spacial score (nSPS) is 16.7. The Labute approximate surface area is 162 Å². The largest absolute Gasteiger partial charge is 0.364 e. The predicted octanol–water partition coefficient (Wildman–Crippen LogP) is 4.15. The maximum atomic E-state index is 14.1. The zero-order valence-electron chi connectivity index (χ0n) is 13.5. The Balaban J connectivity index is 1.69. The Morgan fingerprint density at radius 2 is 1.85 bits per heavy atom. The number of nitrogens with one attached hydrogen (secondary N) is 1. The van der Waals surface area contributed by atoms with Crippen LogP contribution in [0.2, 0.25) is 10.3 Å². The molecule has 1 N–H and O–H groups in total. The fourth-order valence-electron chi connectivity index (χ4n) is 2.70. The number of rotatable bonds is 4. The van der Waals surface area contributed by atoms with Crippen LogP contribution in [0, 0.1) is 11.6 Å². The topological polar surface area (TPSA) is 67.1 Å². The summed E-state index contributed by atoms with van der Waals surface area (Å²) in [7, 11) is 0. The average Bonchev–Trinajstić information content (AvgIpc) is 3.31. The number of benzene rings is 1. The molecule has 3 aromatic rings. The van der Waals surface area contributed by atoms with Crippen LogP contribution in [0.4, 0.5) is 8.78 Å². The minimum Gasteiger partial charge on any atom is -0.364 e. The van der Waals surface area contributed by atoms with Gasteiger partial charge < -0.3 is 9.53 Å². The van der Waals surface area contributed by atoms with Crippen LogP contribution in [-0.2, 0) is 6.54 Å². The molecule has 0 spiro atoms. The lowest BCUT2D eigenvalue weighted by atomic mass is 10.2. The predicted molar refractivity (Wildman–Crippen MR) is 94.3 cm³/mol. The Hall–Kier alpha value is -2.55. The van der Waals surface area contributed by atoms with E-state index in [0.29, 0.717) is 17.0 Å². The number of hydrogen-bond donors (Lipinski definition) is 1. The zero-order valence-corrected chi connectivity index (χ0v) is 15.0. The summed E-state index contributed by atoms with van der Waals surface area (Å²) in [5.74, 6) is -1.06. The van der Waals surface area contributed by atoms with Gasteiger partial charge in [0.1, 0.15) is 23.8 Å². The van der Waals surface area contributed by atoms with E-state index in [0.717, 1.165) is 0 Å². The highest BCUT2D eigenvalue weighted by Gasteiger charge is 2.30. The molecule has 27 heavy (non-hydrogen) atoms. The van der Waals surface area contributed by atoms with E-state index in [1.54, 1.807) is 35.4 Å². The lowest BCUT2D eigenvalue weighted by Gasteiger charge is -2.23.